The van der Waals surface area contributed by atoms with Gasteiger partial charge in [-0.15, -0.1) is 0 Å². The maximum atomic E-state index is 11.3. The van der Waals surface area contributed by atoms with Gasteiger partial charge in [0.2, 0.25) is 5.91 Å². The number of hydrogen-bond donors (Lipinski definition) is 1. The summed E-state index contributed by atoms with van der Waals surface area (Å²) in [6, 6.07) is 0. The van der Waals surface area contributed by atoms with E-state index < -0.39 is 5.41 Å². The number of amides is 1. The smallest absolute Gasteiger partial charge is 0.307 e. The fourth-order valence-corrected chi connectivity index (χ4v) is 0.776. The molecule has 0 unspecified atom stereocenters. The predicted octanol–water partition coefficient (Wildman–Crippen LogP) is 1.10. The normalized spacial score (nSPS) is 10.9. The fraction of sp³-hybridized carbons (Fsp3) is 0.800. The lowest BCUT2D eigenvalue weighted by atomic mass is 9.96. The second-order valence-electron chi connectivity index (χ2n) is 4.06. The molecule has 0 heterocycles. The van der Waals surface area contributed by atoms with Gasteiger partial charge in [-0.2, -0.15) is 0 Å². The number of carbonyl (C=O) groups is 2. The Morgan fingerprint density at radius 3 is 2.29 bits per heavy atom. The molecule has 0 aromatic rings. The third-order valence-electron chi connectivity index (χ3n) is 1.60. The minimum atomic E-state index is -0.408. The van der Waals surface area contributed by atoms with Crippen LogP contribution in [0.2, 0.25) is 0 Å². The van der Waals surface area contributed by atoms with Gasteiger partial charge in [-0.3, -0.25) is 9.59 Å². The lowest BCUT2D eigenvalue weighted by Gasteiger charge is -2.17. The SMILES string of the molecule is CCOC(=O)CCNC(=O)C(C)(C)C. The van der Waals surface area contributed by atoms with Crippen molar-refractivity contribution in [2.75, 3.05) is 13.2 Å². The van der Waals surface area contributed by atoms with Gasteiger partial charge < -0.3 is 10.1 Å². The second-order valence-corrected chi connectivity index (χ2v) is 4.06. The van der Waals surface area contributed by atoms with E-state index in [0.29, 0.717) is 13.2 Å². The van der Waals surface area contributed by atoms with E-state index in [1.807, 2.05) is 20.8 Å². The summed E-state index contributed by atoms with van der Waals surface area (Å²) in [5.74, 6) is -0.330. The summed E-state index contributed by atoms with van der Waals surface area (Å²) in [6.45, 7) is 7.96. The molecule has 0 saturated heterocycles. The van der Waals surface area contributed by atoms with Gasteiger partial charge in [-0.05, 0) is 6.92 Å². The summed E-state index contributed by atoms with van der Waals surface area (Å²) < 4.78 is 4.72. The summed E-state index contributed by atoms with van der Waals surface area (Å²) in [5, 5.41) is 2.67. The topological polar surface area (TPSA) is 55.4 Å². The van der Waals surface area contributed by atoms with Crippen LogP contribution in [-0.4, -0.2) is 25.0 Å². The van der Waals surface area contributed by atoms with E-state index in [-0.39, 0.29) is 18.3 Å². The molecule has 0 rings (SSSR count). The van der Waals surface area contributed by atoms with Crippen LogP contribution in [0.4, 0.5) is 0 Å². The number of hydrogen-bond acceptors (Lipinski definition) is 3. The lowest BCUT2D eigenvalue weighted by Crippen LogP contribution is -2.36. The third kappa shape index (κ3) is 5.56. The first-order chi connectivity index (χ1) is 6.38. The van der Waals surface area contributed by atoms with Crippen molar-refractivity contribution in [3.63, 3.8) is 0 Å². The van der Waals surface area contributed by atoms with Gasteiger partial charge in [-0.1, -0.05) is 20.8 Å². The molecule has 0 spiro atoms. The Labute approximate surface area is 85.0 Å². The van der Waals surface area contributed by atoms with Crippen molar-refractivity contribution in [2.24, 2.45) is 5.41 Å². The molecule has 0 aromatic heterocycles. The average Bonchev–Trinajstić information content (AvgIpc) is 2.02. The molecule has 0 bridgehead atoms. The van der Waals surface area contributed by atoms with Gasteiger partial charge in [0.15, 0.2) is 0 Å². The van der Waals surface area contributed by atoms with Crippen LogP contribution in [-0.2, 0) is 14.3 Å². The Kier molecular flexibility index (Phi) is 5.20. The average molecular weight is 201 g/mol. The van der Waals surface area contributed by atoms with E-state index >= 15 is 0 Å². The predicted molar refractivity (Wildman–Crippen MR) is 53.7 cm³/mol. The summed E-state index contributed by atoms with van der Waals surface area (Å²) in [4.78, 5) is 22.2. The monoisotopic (exact) mass is 201 g/mol. The van der Waals surface area contributed by atoms with Crippen LogP contribution in [0.5, 0.6) is 0 Å². The first-order valence-electron chi connectivity index (χ1n) is 4.82. The highest BCUT2D eigenvalue weighted by atomic mass is 16.5. The minimum Gasteiger partial charge on any atom is -0.466 e. The van der Waals surface area contributed by atoms with E-state index in [1.54, 1.807) is 6.92 Å². The maximum absolute atomic E-state index is 11.3. The Morgan fingerprint density at radius 1 is 1.29 bits per heavy atom. The second kappa shape index (κ2) is 5.62. The van der Waals surface area contributed by atoms with Gasteiger partial charge in [0, 0.05) is 12.0 Å². The minimum absolute atomic E-state index is 0.0539. The van der Waals surface area contributed by atoms with Crippen molar-refractivity contribution in [1.82, 2.24) is 5.32 Å². The molecule has 0 aromatic carbocycles. The van der Waals surface area contributed by atoms with E-state index in [4.69, 9.17) is 4.74 Å². The summed E-state index contributed by atoms with van der Waals surface area (Å²) in [5.41, 5.74) is -0.408. The summed E-state index contributed by atoms with van der Waals surface area (Å²) >= 11 is 0. The molecule has 0 aliphatic heterocycles. The molecule has 14 heavy (non-hydrogen) atoms. The van der Waals surface area contributed by atoms with Gasteiger partial charge in [0.05, 0.1) is 13.0 Å². The van der Waals surface area contributed by atoms with Crippen molar-refractivity contribution >= 4 is 11.9 Å². The molecule has 1 N–H and O–H groups in total. The van der Waals surface area contributed by atoms with Crippen LogP contribution in [0.1, 0.15) is 34.1 Å². The van der Waals surface area contributed by atoms with Gasteiger partial charge >= 0.3 is 5.97 Å². The standard InChI is InChI=1S/C10H19NO3/c1-5-14-8(12)6-7-11-9(13)10(2,3)4/h5-7H2,1-4H3,(H,11,13). The molecule has 0 radical (unpaired) electrons. The Balaban J connectivity index is 3.65. The molecule has 0 saturated carbocycles. The maximum Gasteiger partial charge on any atom is 0.307 e. The van der Waals surface area contributed by atoms with Crippen molar-refractivity contribution < 1.29 is 14.3 Å². The highest BCUT2D eigenvalue weighted by molar-refractivity contribution is 5.81. The molecule has 0 aliphatic rings. The highest BCUT2D eigenvalue weighted by Gasteiger charge is 2.20. The highest BCUT2D eigenvalue weighted by Crippen LogP contribution is 2.11. The van der Waals surface area contributed by atoms with Crippen molar-refractivity contribution in [2.45, 2.75) is 34.1 Å². The molecule has 1 amide bonds. The Hall–Kier alpha value is -1.06. The van der Waals surface area contributed by atoms with Crippen molar-refractivity contribution in [3.05, 3.63) is 0 Å². The van der Waals surface area contributed by atoms with Crippen molar-refractivity contribution in [3.8, 4) is 0 Å². The third-order valence-corrected chi connectivity index (χ3v) is 1.60. The van der Waals surface area contributed by atoms with E-state index in [1.165, 1.54) is 0 Å². The number of carbonyl (C=O) groups excluding carboxylic acids is 2. The quantitative estimate of drug-likeness (QED) is 0.693. The number of ether oxygens (including phenoxy) is 1. The van der Waals surface area contributed by atoms with Crippen LogP contribution in [0.25, 0.3) is 0 Å². The van der Waals surface area contributed by atoms with Crippen LogP contribution in [0.15, 0.2) is 0 Å². The van der Waals surface area contributed by atoms with Gasteiger partial charge in [0.1, 0.15) is 0 Å². The van der Waals surface area contributed by atoms with Gasteiger partial charge in [0.25, 0.3) is 0 Å². The zero-order valence-electron chi connectivity index (χ0n) is 9.35. The van der Waals surface area contributed by atoms with Crippen LogP contribution < -0.4 is 5.32 Å². The molecule has 82 valence electrons. The Morgan fingerprint density at radius 2 is 1.86 bits per heavy atom. The Bertz CT molecular complexity index is 206. The van der Waals surface area contributed by atoms with E-state index in [9.17, 15) is 9.59 Å². The molecule has 0 atom stereocenters. The molecular formula is C10H19NO3. The van der Waals surface area contributed by atoms with Crippen LogP contribution >= 0.6 is 0 Å². The van der Waals surface area contributed by atoms with E-state index in [2.05, 4.69) is 5.32 Å². The van der Waals surface area contributed by atoms with Crippen LogP contribution in [0, 0.1) is 5.41 Å². The zero-order valence-corrected chi connectivity index (χ0v) is 9.35. The summed E-state index contributed by atoms with van der Waals surface area (Å²) in [7, 11) is 0. The molecule has 0 fully saturated rings. The van der Waals surface area contributed by atoms with Gasteiger partial charge in [-0.25, -0.2) is 0 Å². The summed E-state index contributed by atoms with van der Waals surface area (Å²) in [6.07, 6.45) is 0.232. The largest absolute Gasteiger partial charge is 0.466 e. The fourth-order valence-electron chi connectivity index (χ4n) is 0.776. The number of esters is 1. The molecule has 4 heteroatoms. The lowest BCUT2D eigenvalue weighted by molar-refractivity contribution is -0.143. The van der Waals surface area contributed by atoms with E-state index in [0.717, 1.165) is 0 Å². The first-order valence-corrected chi connectivity index (χ1v) is 4.82. The van der Waals surface area contributed by atoms with Crippen LogP contribution in [0.3, 0.4) is 0 Å². The molecule has 0 aliphatic carbocycles. The number of nitrogens with one attached hydrogen (secondary N) is 1. The molecular weight excluding hydrogens is 182 g/mol. The first kappa shape index (κ1) is 12.9. The molecule has 4 nitrogen and oxygen atoms in total. The number of rotatable bonds is 4. The zero-order chi connectivity index (χ0) is 11.2. The van der Waals surface area contributed by atoms with Crippen molar-refractivity contribution in [1.29, 1.82) is 0 Å².